The number of hydrogen-bond acceptors (Lipinski definition) is 3. The molecule has 0 aromatic heterocycles. The number of rotatable bonds is 6. The second-order valence-electron chi connectivity index (χ2n) is 4.17. The van der Waals surface area contributed by atoms with Gasteiger partial charge >= 0.3 is 0 Å². The van der Waals surface area contributed by atoms with E-state index in [0.717, 1.165) is 5.56 Å². The van der Waals surface area contributed by atoms with Gasteiger partial charge in [-0.1, -0.05) is 30.3 Å². The molecule has 1 aromatic rings. The van der Waals surface area contributed by atoms with E-state index in [1.54, 1.807) is 17.0 Å². The zero-order valence-corrected chi connectivity index (χ0v) is 11.4. The normalized spacial score (nSPS) is 11.7. The molecule has 0 saturated heterocycles. The highest BCUT2D eigenvalue weighted by atomic mass is 16.2. The van der Waals surface area contributed by atoms with Crippen molar-refractivity contribution in [2.24, 2.45) is 5.73 Å². The maximum atomic E-state index is 11.8. The van der Waals surface area contributed by atoms with E-state index in [9.17, 15) is 9.59 Å². The van der Waals surface area contributed by atoms with Gasteiger partial charge in [-0.25, -0.2) is 0 Å². The van der Waals surface area contributed by atoms with Crippen LogP contribution in [0.5, 0.6) is 0 Å². The molecule has 0 aliphatic rings. The van der Waals surface area contributed by atoms with Crippen molar-refractivity contribution in [3.8, 4) is 0 Å². The summed E-state index contributed by atoms with van der Waals surface area (Å²) in [6.45, 7) is 5.06. The summed E-state index contributed by atoms with van der Waals surface area (Å²) in [5.41, 5.74) is 6.56. The van der Waals surface area contributed by atoms with Crippen LogP contribution in [0.2, 0.25) is 0 Å². The van der Waals surface area contributed by atoms with Gasteiger partial charge < -0.3 is 16.0 Å². The predicted molar refractivity (Wildman–Crippen MR) is 74.3 cm³/mol. The summed E-state index contributed by atoms with van der Waals surface area (Å²) in [4.78, 5) is 25.2. The van der Waals surface area contributed by atoms with Gasteiger partial charge in [-0.05, 0) is 19.4 Å². The molecule has 1 rings (SSSR count). The van der Waals surface area contributed by atoms with Crippen molar-refractivity contribution in [2.45, 2.75) is 19.9 Å². The highest BCUT2D eigenvalue weighted by Crippen LogP contribution is 2.08. The Labute approximate surface area is 113 Å². The van der Waals surface area contributed by atoms with Crippen molar-refractivity contribution >= 4 is 11.8 Å². The molecule has 0 bridgehead atoms. The molecule has 0 spiro atoms. The number of nitrogens with two attached hydrogens (primary N) is 1. The van der Waals surface area contributed by atoms with Gasteiger partial charge in [0, 0.05) is 13.1 Å². The van der Waals surface area contributed by atoms with E-state index in [0.29, 0.717) is 13.1 Å². The van der Waals surface area contributed by atoms with Crippen LogP contribution in [0.25, 0.3) is 0 Å². The van der Waals surface area contributed by atoms with Crippen LogP contribution in [0.4, 0.5) is 0 Å². The second-order valence-corrected chi connectivity index (χ2v) is 4.17. The minimum atomic E-state index is -0.745. The number of benzene rings is 1. The van der Waals surface area contributed by atoms with E-state index in [4.69, 9.17) is 5.73 Å². The van der Waals surface area contributed by atoms with E-state index in [2.05, 4.69) is 5.32 Å². The summed E-state index contributed by atoms with van der Waals surface area (Å²) < 4.78 is 0. The first kappa shape index (κ1) is 15.2. The SMILES string of the molecule is CCN(CC)C(=O)CNC(=O)C(N)c1ccccc1. The lowest BCUT2D eigenvalue weighted by atomic mass is 10.1. The Balaban J connectivity index is 2.50. The van der Waals surface area contributed by atoms with Crippen LogP contribution in [-0.4, -0.2) is 36.3 Å². The van der Waals surface area contributed by atoms with Gasteiger partial charge in [0.15, 0.2) is 0 Å². The molecule has 3 N–H and O–H groups in total. The highest BCUT2D eigenvalue weighted by Gasteiger charge is 2.17. The zero-order valence-electron chi connectivity index (χ0n) is 11.4. The topological polar surface area (TPSA) is 75.4 Å². The van der Waals surface area contributed by atoms with Crippen LogP contribution in [-0.2, 0) is 9.59 Å². The van der Waals surface area contributed by atoms with Crippen molar-refractivity contribution in [3.05, 3.63) is 35.9 Å². The molecule has 1 unspecified atom stereocenters. The van der Waals surface area contributed by atoms with E-state index >= 15 is 0 Å². The van der Waals surface area contributed by atoms with Crippen LogP contribution in [0, 0.1) is 0 Å². The van der Waals surface area contributed by atoms with Gasteiger partial charge in [-0.2, -0.15) is 0 Å². The maximum Gasteiger partial charge on any atom is 0.241 e. The monoisotopic (exact) mass is 263 g/mol. The Bertz CT molecular complexity index is 416. The fraction of sp³-hybridized carbons (Fsp3) is 0.429. The molecular weight excluding hydrogens is 242 g/mol. The molecule has 0 radical (unpaired) electrons. The summed E-state index contributed by atoms with van der Waals surface area (Å²) in [5, 5.41) is 2.57. The molecule has 5 heteroatoms. The van der Waals surface area contributed by atoms with E-state index in [1.807, 2.05) is 32.0 Å². The average Bonchev–Trinajstić information content (AvgIpc) is 2.46. The van der Waals surface area contributed by atoms with Crippen molar-refractivity contribution in [2.75, 3.05) is 19.6 Å². The number of carbonyl (C=O) groups excluding carboxylic acids is 2. The van der Waals surface area contributed by atoms with E-state index in [1.165, 1.54) is 0 Å². The number of amides is 2. The van der Waals surface area contributed by atoms with Gasteiger partial charge in [-0.3, -0.25) is 9.59 Å². The fourth-order valence-electron chi connectivity index (χ4n) is 1.77. The third-order valence-corrected chi connectivity index (χ3v) is 2.97. The van der Waals surface area contributed by atoms with Crippen LogP contribution in [0.1, 0.15) is 25.5 Å². The molecular formula is C14H21N3O2. The van der Waals surface area contributed by atoms with Crippen LogP contribution in [0.15, 0.2) is 30.3 Å². The molecule has 1 aromatic carbocycles. The molecule has 5 nitrogen and oxygen atoms in total. The Morgan fingerprint density at radius 1 is 1.21 bits per heavy atom. The molecule has 19 heavy (non-hydrogen) atoms. The van der Waals surface area contributed by atoms with Gasteiger partial charge in [0.1, 0.15) is 6.04 Å². The summed E-state index contributed by atoms with van der Waals surface area (Å²) in [6.07, 6.45) is 0. The smallest absolute Gasteiger partial charge is 0.241 e. The number of likely N-dealkylation sites (N-methyl/N-ethyl adjacent to an activating group) is 1. The summed E-state index contributed by atoms with van der Waals surface area (Å²) in [7, 11) is 0. The fourth-order valence-corrected chi connectivity index (χ4v) is 1.77. The molecule has 2 amide bonds. The lowest BCUT2D eigenvalue weighted by Crippen LogP contribution is -2.42. The first-order valence-electron chi connectivity index (χ1n) is 6.46. The van der Waals surface area contributed by atoms with Crippen molar-refractivity contribution in [1.82, 2.24) is 10.2 Å². The Kier molecular flexibility index (Phi) is 6.02. The Morgan fingerprint density at radius 3 is 2.32 bits per heavy atom. The van der Waals surface area contributed by atoms with Crippen LogP contribution < -0.4 is 11.1 Å². The molecule has 0 aliphatic carbocycles. The first-order valence-corrected chi connectivity index (χ1v) is 6.46. The Morgan fingerprint density at radius 2 is 1.79 bits per heavy atom. The van der Waals surface area contributed by atoms with Crippen LogP contribution >= 0.6 is 0 Å². The van der Waals surface area contributed by atoms with Crippen molar-refractivity contribution < 1.29 is 9.59 Å². The van der Waals surface area contributed by atoms with E-state index in [-0.39, 0.29) is 18.4 Å². The molecule has 1 atom stereocenters. The summed E-state index contributed by atoms with van der Waals surface area (Å²) in [5.74, 6) is -0.440. The number of carbonyl (C=O) groups is 2. The number of nitrogens with zero attached hydrogens (tertiary/aromatic N) is 1. The summed E-state index contributed by atoms with van der Waals surface area (Å²) in [6, 6.07) is 8.34. The van der Waals surface area contributed by atoms with Gasteiger partial charge in [0.2, 0.25) is 11.8 Å². The quantitative estimate of drug-likeness (QED) is 0.792. The molecule has 0 heterocycles. The van der Waals surface area contributed by atoms with Gasteiger partial charge in [0.25, 0.3) is 0 Å². The molecule has 0 aliphatic heterocycles. The molecule has 0 fully saturated rings. The van der Waals surface area contributed by atoms with Gasteiger partial charge in [-0.15, -0.1) is 0 Å². The third kappa shape index (κ3) is 4.37. The average molecular weight is 263 g/mol. The largest absolute Gasteiger partial charge is 0.345 e. The lowest BCUT2D eigenvalue weighted by molar-refractivity contribution is -0.132. The lowest BCUT2D eigenvalue weighted by Gasteiger charge is -2.19. The highest BCUT2D eigenvalue weighted by molar-refractivity contribution is 5.88. The van der Waals surface area contributed by atoms with Crippen LogP contribution in [0.3, 0.4) is 0 Å². The Hall–Kier alpha value is -1.88. The van der Waals surface area contributed by atoms with E-state index < -0.39 is 6.04 Å². The minimum Gasteiger partial charge on any atom is -0.345 e. The third-order valence-electron chi connectivity index (χ3n) is 2.97. The second kappa shape index (κ2) is 7.53. The standard InChI is InChI=1S/C14H21N3O2/c1-3-17(4-2)12(18)10-16-14(19)13(15)11-8-6-5-7-9-11/h5-9,13H,3-4,10,15H2,1-2H3,(H,16,19). The van der Waals surface area contributed by atoms with Gasteiger partial charge in [0.05, 0.1) is 6.54 Å². The van der Waals surface area contributed by atoms with Crippen molar-refractivity contribution in [3.63, 3.8) is 0 Å². The predicted octanol–water partition coefficient (Wildman–Crippen LogP) is 0.671. The molecule has 104 valence electrons. The number of nitrogens with one attached hydrogen (secondary N) is 1. The van der Waals surface area contributed by atoms with Crippen molar-refractivity contribution in [1.29, 1.82) is 0 Å². The first-order chi connectivity index (χ1) is 9.10. The zero-order chi connectivity index (χ0) is 14.3. The maximum absolute atomic E-state index is 11.8. The minimum absolute atomic E-state index is 0.0129. The molecule has 0 saturated carbocycles. The number of hydrogen-bond donors (Lipinski definition) is 2. The summed E-state index contributed by atoms with van der Waals surface area (Å²) >= 11 is 0.